The maximum absolute atomic E-state index is 12.9. The van der Waals surface area contributed by atoms with Gasteiger partial charge < -0.3 is 5.32 Å². The average Bonchev–Trinajstić information content (AvgIpc) is 2.88. The van der Waals surface area contributed by atoms with Crippen LogP contribution >= 0.6 is 11.8 Å². The molecule has 2 unspecified atom stereocenters. The Balaban J connectivity index is 2.03. The molecule has 1 nitrogen and oxygen atoms in total. The maximum atomic E-state index is 12.9. The average molecular weight is 289 g/mol. The molecule has 1 saturated heterocycles. The van der Waals surface area contributed by atoms with Crippen molar-refractivity contribution in [2.75, 3.05) is 12.3 Å². The highest BCUT2D eigenvalue weighted by atomic mass is 32.2. The molecule has 1 heterocycles. The first-order valence-electron chi connectivity index (χ1n) is 6.49. The maximum Gasteiger partial charge on any atom is 0.416 e. The summed E-state index contributed by atoms with van der Waals surface area (Å²) in [5.74, 6) is 1.17. The quantitative estimate of drug-likeness (QED) is 0.889. The first-order valence-corrected chi connectivity index (χ1v) is 7.54. The smallest absolute Gasteiger partial charge is 0.309 e. The number of halogens is 3. The van der Waals surface area contributed by atoms with E-state index in [0.29, 0.717) is 10.8 Å². The molecular formula is C14H18F3NS. The Labute approximate surface area is 116 Å². The van der Waals surface area contributed by atoms with Gasteiger partial charge in [-0.3, -0.25) is 0 Å². The third kappa shape index (κ3) is 3.89. The number of rotatable bonds is 4. The normalized spacial score (nSPS) is 21.6. The SMILES string of the molecule is CC(NCC1CCCS1)c1ccccc1C(F)(F)F. The van der Waals surface area contributed by atoms with Gasteiger partial charge in [-0.15, -0.1) is 0 Å². The summed E-state index contributed by atoms with van der Waals surface area (Å²) in [5, 5.41) is 3.77. The molecule has 1 fully saturated rings. The standard InChI is InChI=1S/C14H18F3NS/c1-10(18-9-11-5-4-8-19-11)12-6-2-3-7-13(12)14(15,16)17/h2-3,6-7,10-11,18H,4-5,8-9H2,1H3. The van der Waals surface area contributed by atoms with E-state index in [2.05, 4.69) is 5.32 Å². The summed E-state index contributed by atoms with van der Waals surface area (Å²) in [6, 6.07) is 5.53. The van der Waals surface area contributed by atoms with Crippen molar-refractivity contribution >= 4 is 11.8 Å². The van der Waals surface area contributed by atoms with Crippen molar-refractivity contribution in [1.29, 1.82) is 0 Å². The van der Waals surface area contributed by atoms with Crippen LogP contribution in [-0.2, 0) is 6.18 Å². The zero-order valence-electron chi connectivity index (χ0n) is 10.8. The van der Waals surface area contributed by atoms with E-state index in [1.165, 1.54) is 18.2 Å². The number of alkyl halides is 3. The van der Waals surface area contributed by atoms with Crippen LogP contribution in [0.2, 0.25) is 0 Å². The van der Waals surface area contributed by atoms with Crippen LogP contribution in [0.5, 0.6) is 0 Å². The molecule has 0 aliphatic carbocycles. The molecule has 1 aliphatic rings. The molecule has 0 amide bonds. The molecular weight excluding hydrogens is 271 g/mol. The summed E-state index contributed by atoms with van der Waals surface area (Å²) in [6.07, 6.45) is -1.91. The highest BCUT2D eigenvalue weighted by molar-refractivity contribution is 8.00. The predicted molar refractivity (Wildman–Crippen MR) is 73.3 cm³/mol. The van der Waals surface area contributed by atoms with Crippen LogP contribution in [0.15, 0.2) is 24.3 Å². The van der Waals surface area contributed by atoms with E-state index in [1.54, 1.807) is 19.1 Å². The molecule has 2 rings (SSSR count). The minimum absolute atomic E-state index is 0.279. The number of hydrogen-bond acceptors (Lipinski definition) is 2. The zero-order valence-corrected chi connectivity index (χ0v) is 11.7. The van der Waals surface area contributed by atoms with Gasteiger partial charge in [0, 0.05) is 17.8 Å². The lowest BCUT2D eigenvalue weighted by atomic mass is 10.0. The Morgan fingerprint density at radius 1 is 1.37 bits per heavy atom. The van der Waals surface area contributed by atoms with Crippen molar-refractivity contribution < 1.29 is 13.2 Å². The molecule has 2 atom stereocenters. The Morgan fingerprint density at radius 2 is 2.11 bits per heavy atom. The van der Waals surface area contributed by atoms with E-state index in [4.69, 9.17) is 0 Å². The largest absolute Gasteiger partial charge is 0.416 e. The second-order valence-electron chi connectivity index (χ2n) is 4.85. The molecule has 0 aromatic heterocycles. The van der Waals surface area contributed by atoms with Crippen LogP contribution in [0, 0.1) is 0 Å². The first-order chi connectivity index (χ1) is 8.98. The van der Waals surface area contributed by atoms with Gasteiger partial charge in [0.25, 0.3) is 0 Å². The second-order valence-corrected chi connectivity index (χ2v) is 6.26. The van der Waals surface area contributed by atoms with Crippen molar-refractivity contribution in [3.63, 3.8) is 0 Å². The molecule has 1 aromatic carbocycles. The molecule has 0 saturated carbocycles. The van der Waals surface area contributed by atoms with Crippen LogP contribution in [0.25, 0.3) is 0 Å². The van der Waals surface area contributed by atoms with Gasteiger partial charge in [0.15, 0.2) is 0 Å². The highest BCUT2D eigenvalue weighted by Crippen LogP contribution is 2.34. The molecule has 19 heavy (non-hydrogen) atoms. The lowest BCUT2D eigenvalue weighted by molar-refractivity contribution is -0.138. The van der Waals surface area contributed by atoms with E-state index in [9.17, 15) is 13.2 Å². The van der Waals surface area contributed by atoms with Crippen molar-refractivity contribution in [1.82, 2.24) is 5.32 Å². The highest BCUT2D eigenvalue weighted by Gasteiger charge is 2.34. The first kappa shape index (κ1) is 14.7. The fourth-order valence-electron chi connectivity index (χ4n) is 2.36. The molecule has 1 aliphatic heterocycles. The van der Waals surface area contributed by atoms with Crippen molar-refractivity contribution in [3.8, 4) is 0 Å². The van der Waals surface area contributed by atoms with Crippen LogP contribution in [0.4, 0.5) is 13.2 Å². The molecule has 5 heteroatoms. The lowest BCUT2D eigenvalue weighted by Gasteiger charge is -2.21. The topological polar surface area (TPSA) is 12.0 Å². The Kier molecular flexibility index (Phi) is 4.79. The fourth-order valence-corrected chi connectivity index (χ4v) is 3.57. The van der Waals surface area contributed by atoms with Gasteiger partial charge in [-0.25, -0.2) is 0 Å². The van der Waals surface area contributed by atoms with E-state index in [1.807, 2.05) is 11.8 Å². The van der Waals surface area contributed by atoms with Gasteiger partial charge in [0.1, 0.15) is 0 Å². The fraction of sp³-hybridized carbons (Fsp3) is 0.571. The molecule has 0 radical (unpaired) electrons. The van der Waals surface area contributed by atoms with Crippen LogP contribution in [0.3, 0.4) is 0 Å². The molecule has 1 aromatic rings. The third-order valence-electron chi connectivity index (χ3n) is 3.41. The van der Waals surface area contributed by atoms with Crippen molar-refractivity contribution in [2.24, 2.45) is 0 Å². The van der Waals surface area contributed by atoms with Gasteiger partial charge in [0.2, 0.25) is 0 Å². The third-order valence-corrected chi connectivity index (χ3v) is 4.81. The van der Waals surface area contributed by atoms with Crippen molar-refractivity contribution in [3.05, 3.63) is 35.4 Å². The van der Waals surface area contributed by atoms with Crippen LogP contribution in [-0.4, -0.2) is 17.5 Å². The van der Waals surface area contributed by atoms with Gasteiger partial charge in [0.05, 0.1) is 5.56 Å². The number of thioether (sulfide) groups is 1. The van der Waals surface area contributed by atoms with E-state index >= 15 is 0 Å². The Bertz CT molecular complexity index is 413. The van der Waals surface area contributed by atoms with Crippen LogP contribution in [0.1, 0.15) is 36.9 Å². The summed E-state index contributed by atoms with van der Waals surface area (Å²) in [7, 11) is 0. The van der Waals surface area contributed by atoms with Gasteiger partial charge in [-0.2, -0.15) is 24.9 Å². The minimum Gasteiger partial charge on any atom is -0.309 e. The lowest BCUT2D eigenvalue weighted by Crippen LogP contribution is -2.27. The van der Waals surface area contributed by atoms with Gasteiger partial charge >= 0.3 is 6.18 Å². The Morgan fingerprint density at radius 3 is 2.74 bits per heavy atom. The van der Waals surface area contributed by atoms with E-state index < -0.39 is 11.7 Å². The van der Waals surface area contributed by atoms with Gasteiger partial charge in [-0.1, -0.05) is 18.2 Å². The molecule has 1 N–H and O–H groups in total. The minimum atomic E-state index is -4.28. The number of benzene rings is 1. The Hall–Kier alpha value is -0.680. The van der Waals surface area contributed by atoms with Gasteiger partial charge in [-0.05, 0) is 37.1 Å². The van der Waals surface area contributed by atoms with E-state index in [0.717, 1.165) is 19.0 Å². The molecule has 0 bridgehead atoms. The summed E-state index contributed by atoms with van der Waals surface area (Å²) in [6.45, 7) is 2.57. The number of hydrogen-bond donors (Lipinski definition) is 1. The summed E-state index contributed by atoms with van der Waals surface area (Å²) >= 11 is 1.90. The summed E-state index contributed by atoms with van der Waals surface area (Å²) in [4.78, 5) is 0. The number of nitrogens with one attached hydrogen (secondary N) is 1. The summed E-state index contributed by atoms with van der Waals surface area (Å²) < 4.78 is 38.8. The van der Waals surface area contributed by atoms with Crippen LogP contribution < -0.4 is 5.32 Å². The predicted octanol–water partition coefficient (Wildman–Crippen LogP) is 4.25. The second kappa shape index (κ2) is 6.18. The van der Waals surface area contributed by atoms with E-state index in [-0.39, 0.29) is 6.04 Å². The molecule has 106 valence electrons. The monoisotopic (exact) mass is 289 g/mol. The zero-order chi connectivity index (χ0) is 13.9. The summed E-state index contributed by atoms with van der Waals surface area (Å²) in [5.41, 5.74) is -0.202. The van der Waals surface area contributed by atoms with Crippen molar-refractivity contribution in [2.45, 2.75) is 37.2 Å². The molecule has 0 spiro atoms.